The van der Waals surface area contributed by atoms with Gasteiger partial charge in [0.05, 0.1) is 4.92 Å². The van der Waals surface area contributed by atoms with Gasteiger partial charge in [-0.3, -0.25) is 14.9 Å². The van der Waals surface area contributed by atoms with Gasteiger partial charge in [-0.05, 0) is 38.8 Å². The summed E-state index contributed by atoms with van der Waals surface area (Å²) >= 11 is 0. The predicted molar refractivity (Wildman–Crippen MR) is 75.7 cm³/mol. The molecule has 1 rings (SSSR count). The molecule has 0 aromatic heterocycles. The van der Waals surface area contributed by atoms with Gasteiger partial charge in [-0.1, -0.05) is 6.92 Å². The molecule has 1 atom stereocenters. The van der Waals surface area contributed by atoms with Crippen LogP contribution in [0.4, 0.5) is 5.69 Å². The minimum Gasteiger partial charge on any atom is -0.396 e. The number of nitro groups is 1. The highest BCUT2D eigenvalue weighted by Gasteiger charge is 2.24. The van der Waals surface area contributed by atoms with Gasteiger partial charge in [0.15, 0.2) is 0 Å². The van der Waals surface area contributed by atoms with E-state index in [1.54, 1.807) is 6.92 Å². The van der Waals surface area contributed by atoms with Crippen LogP contribution in [-0.2, 0) is 0 Å². The van der Waals surface area contributed by atoms with Crippen molar-refractivity contribution < 1.29 is 14.8 Å². The van der Waals surface area contributed by atoms with Gasteiger partial charge in [0, 0.05) is 29.3 Å². The van der Waals surface area contributed by atoms with Gasteiger partial charge in [-0.2, -0.15) is 0 Å². The molecule has 1 aromatic carbocycles. The van der Waals surface area contributed by atoms with Crippen LogP contribution in [0.25, 0.3) is 0 Å². The van der Waals surface area contributed by atoms with E-state index in [9.17, 15) is 14.9 Å². The second-order valence-electron chi connectivity index (χ2n) is 5.10. The fourth-order valence-electron chi connectivity index (χ4n) is 1.92. The molecule has 0 saturated heterocycles. The molecule has 1 amide bonds. The third-order valence-corrected chi connectivity index (χ3v) is 3.51. The van der Waals surface area contributed by atoms with Crippen molar-refractivity contribution in [2.45, 2.75) is 39.2 Å². The Morgan fingerprint density at radius 1 is 1.50 bits per heavy atom. The van der Waals surface area contributed by atoms with Crippen molar-refractivity contribution in [3.8, 4) is 0 Å². The average Bonchev–Trinajstić information content (AvgIpc) is 2.38. The molecular weight excluding hydrogens is 260 g/mol. The highest BCUT2D eigenvalue weighted by atomic mass is 16.6. The number of carbonyl (C=O) groups excluding carboxylic acids is 1. The van der Waals surface area contributed by atoms with Crippen molar-refractivity contribution >= 4 is 11.6 Å². The molecule has 110 valence electrons. The third kappa shape index (κ3) is 3.77. The molecule has 2 N–H and O–H groups in total. The summed E-state index contributed by atoms with van der Waals surface area (Å²) in [7, 11) is 0. The van der Waals surface area contributed by atoms with Gasteiger partial charge in [0.2, 0.25) is 0 Å². The summed E-state index contributed by atoms with van der Waals surface area (Å²) in [5.41, 5.74) is 0.338. The van der Waals surface area contributed by atoms with Gasteiger partial charge < -0.3 is 10.4 Å². The molecular formula is C14H20N2O4. The van der Waals surface area contributed by atoms with Crippen LogP contribution >= 0.6 is 0 Å². The second kappa shape index (κ2) is 6.47. The van der Waals surface area contributed by atoms with E-state index in [2.05, 4.69) is 5.32 Å². The fourth-order valence-corrected chi connectivity index (χ4v) is 1.92. The van der Waals surface area contributed by atoms with Crippen LogP contribution in [0.5, 0.6) is 0 Å². The van der Waals surface area contributed by atoms with Crippen molar-refractivity contribution in [2.75, 3.05) is 6.61 Å². The first-order valence-electron chi connectivity index (χ1n) is 6.51. The van der Waals surface area contributed by atoms with E-state index in [4.69, 9.17) is 5.11 Å². The van der Waals surface area contributed by atoms with Gasteiger partial charge >= 0.3 is 0 Å². The molecule has 0 heterocycles. The van der Waals surface area contributed by atoms with Crippen LogP contribution in [-0.4, -0.2) is 28.1 Å². The number of benzene rings is 1. The predicted octanol–water partition coefficient (Wildman–Crippen LogP) is 2.18. The number of aryl methyl sites for hydroxylation is 1. The molecule has 0 aliphatic carbocycles. The molecule has 20 heavy (non-hydrogen) atoms. The Kier molecular flexibility index (Phi) is 5.21. The second-order valence-corrected chi connectivity index (χ2v) is 5.10. The van der Waals surface area contributed by atoms with Crippen LogP contribution in [0, 0.1) is 17.0 Å². The highest BCUT2D eigenvalue weighted by molar-refractivity contribution is 5.95. The zero-order valence-corrected chi connectivity index (χ0v) is 12.0. The largest absolute Gasteiger partial charge is 0.396 e. The van der Waals surface area contributed by atoms with Crippen molar-refractivity contribution in [1.29, 1.82) is 0 Å². The Balaban J connectivity index is 2.93. The molecule has 0 spiro atoms. The maximum atomic E-state index is 12.2. The van der Waals surface area contributed by atoms with E-state index in [0.29, 0.717) is 24.0 Å². The number of carbonyl (C=O) groups is 1. The first-order valence-corrected chi connectivity index (χ1v) is 6.51. The third-order valence-electron chi connectivity index (χ3n) is 3.51. The number of rotatable bonds is 6. The summed E-state index contributed by atoms with van der Waals surface area (Å²) in [5.74, 6) is -0.291. The van der Waals surface area contributed by atoms with Crippen LogP contribution in [0.3, 0.4) is 0 Å². The number of aliphatic hydroxyl groups excluding tert-OH is 1. The van der Waals surface area contributed by atoms with E-state index in [1.807, 2.05) is 13.8 Å². The van der Waals surface area contributed by atoms with Crippen LogP contribution in [0.15, 0.2) is 18.2 Å². The average molecular weight is 280 g/mol. The Morgan fingerprint density at radius 3 is 2.60 bits per heavy atom. The maximum absolute atomic E-state index is 12.2. The number of amides is 1. The Bertz CT molecular complexity index is 516. The normalized spacial score (nSPS) is 13.6. The number of aliphatic hydroxyl groups is 1. The quantitative estimate of drug-likeness (QED) is 0.617. The number of nitro benzene ring substituents is 1. The van der Waals surface area contributed by atoms with Crippen LogP contribution in [0.2, 0.25) is 0 Å². The molecule has 0 aliphatic heterocycles. The summed E-state index contributed by atoms with van der Waals surface area (Å²) in [6.45, 7) is 5.38. The zero-order chi connectivity index (χ0) is 15.3. The number of hydrogen-bond acceptors (Lipinski definition) is 4. The van der Waals surface area contributed by atoms with E-state index < -0.39 is 10.5 Å². The van der Waals surface area contributed by atoms with Gasteiger partial charge in [-0.25, -0.2) is 0 Å². The lowest BCUT2D eigenvalue weighted by Crippen LogP contribution is -2.46. The summed E-state index contributed by atoms with van der Waals surface area (Å²) in [6.07, 6.45) is 1.15. The number of nitrogens with one attached hydrogen (secondary N) is 1. The van der Waals surface area contributed by atoms with Gasteiger partial charge in [0.1, 0.15) is 0 Å². The summed E-state index contributed by atoms with van der Waals surface area (Å²) in [4.78, 5) is 22.4. The maximum Gasteiger partial charge on any atom is 0.272 e. The lowest BCUT2D eigenvalue weighted by atomic mass is 9.94. The standard InChI is InChI=1S/C14H20N2O4/c1-4-14(3,7-8-17)15-13(18)11-5-6-12(16(19)20)10(2)9-11/h5-6,9,17H,4,7-8H2,1-3H3,(H,15,18). The van der Waals surface area contributed by atoms with E-state index in [1.165, 1.54) is 18.2 Å². The van der Waals surface area contributed by atoms with Crippen molar-refractivity contribution in [3.63, 3.8) is 0 Å². The molecule has 1 unspecified atom stereocenters. The van der Waals surface area contributed by atoms with Gasteiger partial charge in [0.25, 0.3) is 11.6 Å². The zero-order valence-electron chi connectivity index (χ0n) is 12.0. The molecule has 0 aliphatic rings. The smallest absolute Gasteiger partial charge is 0.272 e. The first kappa shape index (κ1) is 16.1. The Labute approximate surface area is 118 Å². The molecule has 6 nitrogen and oxygen atoms in total. The summed E-state index contributed by atoms with van der Waals surface area (Å²) in [5, 5.41) is 22.6. The molecule has 0 fully saturated rings. The lowest BCUT2D eigenvalue weighted by molar-refractivity contribution is -0.385. The lowest BCUT2D eigenvalue weighted by Gasteiger charge is -2.29. The van der Waals surface area contributed by atoms with E-state index >= 15 is 0 Å². The topological polar surface area (TPSA) is 92.5 Å². The van der Waals surface area contributed by atoms with Crippen LogP contribution < -0.4 is 5.32 Å². The van der Waals surface area contributed by atoms with Gasteiger partial charge in [-0.15, -0.1) is 0 Å². The Hall–Kier alpha value is -1.95. The summed E-state index contributed by atoms with van der Waals surface area (Å²) in [6, 6.07) is 4.28. The van der Waals surface area contributed by atoms with E-state index in [0.717, 1.165) is 0 Å². The molecule has 1 aromatic rings. The monoisotopic (exact) mass is 280 g/mol. The van der Waals surface area contributed by atoms with Crippen molar-refractivity contribution in [1.82, 2.24) is 5.32 Å². The van der Waals surface area contributed by atoms with Crippen molar-refractivity contribution in [2.24, 2.45) is 0 Å². The van der Waals surface area contributed by atoms with Crippen molar-refractivity contribution in [3.05, 3.63) is 39.4 Å². The molecule has 0 radical (unpaired) electrons. The minimum absolute atomic E-state index is 0.00448. The fraction of sp³-hybridized carbons (Fsp3) is 0.500. The number of hydrogen-bond donors (Lipinski definition) is 2. The SMILES string of the molecule is CCC(C)(CCO)NC(=O)c1ccc([N+](=O)[O-])c(C)c1. The van der Waals surface area contributed by atoms with Crippen LogP contribution in [0.1, 0.15) is 42.6 Å². The van der Waals surface area contributed by atoms with E-state index in [-0.39, 0.29) is 18.2 Å². The Morgan fingerprint density at radius 2 is 2.15 bits per heavy atom. The highest BCUT2D eigenvalue weighted by Crippen LogP contribution is 2.20. The minimum atomic E-state index is -0.485. The molecule has 0 bridgehead atoms. The molecule has 6 heteroatoms. The summed E-state index contributed by atoms with van der Waals surface area (Å²) < 4.78 is 0. The first-order chi connectivity index (χ1) is 9.33. The number of nitrogens with zero attached hydrogens (tertiary/aromatic N) is 1. The molecule has 0 saturated carbocycles.